The van der Waals surface area contributed by atoms with Crippen LogP contribution in [0.1, 0.15) is 28.7 Å². The van der Waals surface area contributed by atoms with Crippen molar-refractivity contribution in [2.24, 2.45) is 5.92 Å². The van der Waals surface area contributed by atoms with Gasteiger partial charge in [0.1, 0.15) is 4.88 Å². The molecule has 0 bridgehead atoms. The molecule has 1 N–H and O–H groups in total. The van der Waals surface area contributed by atoms with Gasteiger partial charge in [-0.1, -0.05) is 6.92 Å². The Labute approximate surface area is 81.2 Å². The molecule has 1 aliphatic carbocycles. The fourth-order valence-electron chi connectivity index (χ4n) is 1.28. The number of aromatic nitrogens is 1. The Morgan fingerprint density at radius 2 is 2.46 bits per heavy atom. The number of hydrogen-bond donors (Lipinski definition) is 1. The third-order valence-electron chi connectivity index (χ3n) is 2.38. The van der Waals surface area contributed by atoms with Gasteiger partial charge in [0.05, 0.1) is 11.2 Å². The highest BCUT2D eigenvalue weighted by Gasteiger charge is 2.34. The molecule has 1 amide bonds. The van der Waals surface area contributed by atoms with Crippen molar-refractivity contribution in [2.45, 2.75) is 26.3 Å². The quantitative estimate of drug-likeness (QED) is 0.780. The summed E-state index contributed by atoms with van der Waals surface area (Å²) in [5.74, 6) is 0.687. The number of carbonyl (C=O) groups excluding carboxylic acids is 1. The fourth-order valence-corrected chi connectivity index (χ4v) is 1.98. The molecule has 0 aromatic carbocycles. The van der Waals surface area contributed by atoms with Gasteiger partial charge in [-0.15, -0.1) is 11.3 Å². The third-order valence-corrected chi connectivity index (χ3v) is 3.31. The first-order valence-electron chi connectivity index (χ1n) is 4.39. The number of hydrogen-bond acceptors (Lipinski definition) is 3. The highest BCUT2D eigenvalue weighted by molar-refractivity contribution is 7.11. The van der Waals surface area contributed by atoms with Crippen LogP contribution in [-0.4, -0.2) is 16.9 Å². The summed E-state index contributed by atoms with van der Waals surface area (Å²) in [6.07, 6.45) is 1.11. The maximum absolute atomic E-state index is 11.6. The monoisotopic (exact) mass is 196 g/mol. The Morgan fingerprint density at radius 1 is 1.77 bits per heavy atom. The van der Waals surface area contributed by atoms with E-state index in [1.807, 2.05) is 6.92 Å². The summed E-state index contributed by atoms with van der Waals surface area (Å²) in [7, 11) is 0. The molecule has 70 valence electrons. The molecule has 0 aliphatic heterocycles. The van der Waals surface area contributed by atoms with Crippen LogP contribution < -0.4 is 5.32 Å². The maximum atomic E-state index is 11.6. The highest BCUT2D eigenvalue weighted by atomic mass is 32.1. The second-order valence-electron chi connectivity index (χ2n) is 3.56. The average Bonchev–Trinajstić information content (AvgIpc) is 2.62. The van der Waals surface area contributed by atoms with E-state index in [4.69, 9.17) is 0 Å². The number of rotatable bonds is 2. The normalized spacial score (nSPS) is 25.7. The van der Waals surface area contributed by atoms with Gasteiger partial charge in [-0.2, -0.15) is 0 Å². The van der Waals surface area contributed by atoms with E-state index in [0.29, 0.717) is 12.0 Å². The van der Waals surface area contributed by atoms with Gasteiger partial charge in [-0.25, -0.2) is 4.98 Å². The van der Waals surface area contributed by atoms with Gasteiger partial charge in [-0.05, 0) is 19.3 Å². The molecular weight excluding hydrogens is 184 g/mol. The molecule has 2 atom stereocenters. The molecular formula is C9H12N2OS. The molecule has 3 nitrogen and oxygen atoms in total. The zero-order valence-electron chi connectivity index (χ0n) is 7.70. The van der Waals surface area contributed by atoms with Crippen molar-refractivity contribution in [3.05, 3.63) is 16.1 Å². The maximum Gasteiger partial charge on any atom is 0.263 e. The number of aryl methyl sites for hydroxylation is 1. The molecule has 1 heterocycles. The summed E-state index contributed by atoms with van der Waals surface area (Å²) >= 11 is 1.41. The number of nitrogens with zero attached hydrogens (tertiary/aromatic N) is 1. The van der Waals surface area contributed by atoms with Crippen molar-refractivity contribution in [1.29, 1.82) is 0 Å². The van der Waals surface area contributed by atoms with Gasteiger partial charge in [0.25, 0.3) is 5.91 Å². The van der Waals surface area contributed by atoms with Gasteiger partial charge in [-0.3, -0.25) is 4.79 Å². The first-order chi connectivity index (χ1) is 6.18. The van der Waals surface area contributed by atoms with Gasteiger partial charge >= 0.3 is 0 Å². The lowest BCUT2D eigenvalue weighted by Crippen LogP contribution is -2.26. The van der Waals surface area contributed by atoms with E-state index >= 15 is 0 Å². The number of thiazole rings is 1. The van der Waals surface area contributed by atoms with E-state index < -0.39 is 0 Å². The summed E-state index contributed by atoms with van der Waals surface area (Å²) in [5, 5.41) is 2.98. The average molecular weight is 196 g/mol. The molecule has 0 saturated heterocycles. The lowest BCUT2D eigenvalue weighted by atomic mass is 10.3. The minimum Gasteiger partial charge on any atom is -0.348 e. The van der Waals surface area contributed by atoms with Crippen LogP contribution in [-0.2, 0) is 0 Å². The Morgan fingerprint density at radius 3 is 2.92 bits per heavy atom. The van der Waals surface area contributed by atoms with Crippen LogP contribution >= 0.6 is 11.3 Å². The smallest absolute Gasteiger partial charge is 0.263 e. The van der Waals surface area contributed by atoms with Crippen molar-refractivity contribution < 1.29 is 4.79 Å². The Bertz CT molecular complexity index is 334. The van der Waals surface area contributed by atoms with E-state index in [1.165, 1.54) is 11.3 Å². The molecule has 4 heteroatoms. The highest BCUT2D eigenvalue weighted by Crippen LogP contribution is 2.29. The predicted octanol–water partition coefficient (Wildman–Crippen LogP) is 1.59. The van der Waals surface area contributed by atoms with Crippen LogP contribution in [0, 0.1) is 12.8 Å². The summed E-state index contributed by atoms with van der Waals surface area (Å²) in [5.41, 5.74) is 2.54. The van der Waals surface area contributed by atoms with Crippen LogP contribution in [0.3, 0.4) is 0 Å². The standard InChI is InChI=1S/C9H12N2OS/c1-5-3-7(5)11-9(12)8-6(2)10-4-13-8/h4-5,7H,3H2,1-2H3,(H,11,12). The van der Waals surface area contributed by atoms with E-state index in [1.54, 1.807) is 5.51 Å². The Balaban J connectivity index is 2.01. The van der Waals surface area contributed by atoms with Gasteiger partial charge in [0.15, 0.2) is 0 Å². The number of amides is 1. The summed E-state index contributed by atoms with van der Waals surface area (Å²) in [4.78, 5) is 16.4. The van der Waals surface area contributed by atoms with Gasteiger partial charge in [0.2, 0.25) is 0 Å². The van der Waals surface area contributed by atoms with Crippen molar-refractivity contribution >= 4 is 17.2 Å². The second kappa shape index (κ2) is 3.10. The minimum absolute atomic E-state index is 0.0364. The van der Waals surface area contributed by atoms with Crippen molar-refractivity contribution in [3.63, 3.8) is 0 Å². The molecule has 1 aromatic heterocycles. The van der Waals surface area contributed by atoms with Gasteiger partial charge < -0.3 is 5.32 Å². The SMILES string of the molecule is Cc1ncsc1C(=O)NC1CC1C. The van der Waals surface area contributed by atoms with E-state index in [0.717, 1.165) is 17.0 Å². The molecule has 1 aliphatic rings. The predicted molar refractivity (Wildman–Crippen MR) is 51.9 cm³/mol. The zero-order valence-corrected chi connectivity index (χ0v) is 8.52. The lowest BCUT2D eigenvalue weighted by Gasteiger charge is -2.00. The largest absolute Gasteiger partial charge is 0.348 e. The molecule has 1 saturated carbocycles. The van der Waals surface area contributed by atoms with Crippen molar-refractivity contribution in [2.75, 3.05) is 0 Å². The van der Waals surface area contributed by atoms with Crippen molar-refractivity contribution in [1.82, 2.24) is 10.3 Å². The molecule has 0 spiro atoms. The molecule has 2 rings (SSSR count). The van der Waals surface area contributed by atoms with E-state index in [9.17, 15) is 4.79 Å². The Hall–Kier alpha value is -0.900. The molecule has 0 radical (unpaired) electrons. The van der Waals surface area contributed by atoms with Crippen LogP contribution in [0.25, 0.3) is 0 Å². The first-order valence-corrected chi connectivity index (χ1v) is 5.27. The molecule has 1 aromatic rings. The summed E-state index contributed by atoms with van der Waals surface area (Å²) < 4.78 is 0. The van der Waals surface area contributed by atoms with Crippen LogP contribution in [0.5, 0.6) is 0 Å². The third kappa shape index (κ3) is 1.72. The van der Waals surface area contributed by atoms with Crippen molar-refractivity contribution in [3.8, 4) is 0 Å². The molecule has 1 fully saturated rings. The van der Waals surface area contributed by atoms with E-state index in [2.05, 4.69) is 17.2 Å². The molecule has 13 heavy (non-hydrogen) atoms. The van der Waals surface area contributed by atoms with Crippen LogP contribution in [0.15, 0.2) is 5.51 Å². The Kier molecular flexibility index (Phi) is 2.07. The first kappa shape index (κ1) is 8.69. The zero-order chi connectivity index (χ0) is 9.42. The number of nitrogens with one attached hydrogen (secondary N) is 1. The van der Waals surface area contributed by atoms with Gasteiger partial charge in [0, 0.05) is 6.04 Å². The second-order valence-corrected chi connectivity index (χ2v) is 4.41. The fraction of sp³-hybridized carbons (Fsp3) is 0.556. The summed E-state index contributed by atoms with van der Waals surface area (Å²) in [6, 6.07) is 0.397. The van der Waals surface area contributed by atoms with E-state index in [-0.39, 0.29) is 5.91 Å². The van der Waals surface area contributed by atoms with Crippen LogP contribution in [0.4, 0.5) is 0 Å². The van der Waals surface area contributed by atoms with Crippen LogP contribution in [0.2, 0.25) is 0 Å². The minimum atomic E-state index is 0.0364. The summed E-state index contributed by atoms with van der Waals surface area (Å²) in [6.45, 7) is 4.01. The number of carbonyl (C=O) groups is 1. The molecule has 2 unspecified atom stereocenters. The lowest BCUT2D eigenvalue weighted by molar-refractivity contribution is 0.0952. The topological polar surface area (TPSA) is 42.0 Å².